The van der Waals surface area contributed by atoms with Gasteiger partial charge in [0.15, 0.2) is 0 Å². The van der Waals surface area contributed by atoms with E-state index in [1.165, 1.54) is 6.42 Å². The molecule has 2 aliphatic heterocycles. The molecule has 0 radical (unpaired) electrons. The second kappa shape index (κ2) is 6.66. The molecule has 0 bridgehead atoms. The van der Waals surface area contributed by atoms with Crippen molar-refractivity contribution in [3.63, 3.8) is 0 Å². The van der Waals surface area contributed by atoms with Gasteiger partial charge in [-0.3, -0.25) is 9.59 Å². The first-order valence-corrected chi connectivity index (χ1v) is 9.07. The zero-order valence-corrected chi connectivity index (χ0v) is 14.1. The molecule has 1 N–H and O–H groups in total. The SMILES string of the molecule is O=C[C@@H]1CC2(CN1C(=O)CNC(=O)I)SCCCS2. The molecule has 0 aromatic rings. The molecule has 8 heteroatoms. The summed E-state index contributed by atoms with van der Waals surface area (Å²) in [6, 6.07) is -0.350. The van der Waals surface area contributed by atoms with Gasteiger partial charge < -0.3 is 15.0 Å². The van der Waals surface area contributed by atoms with Gasteiger partial charge in [-0.15, -0.1) is 23.5 Å². The average Bonchev–Trinajstić information content (AvgIpc) is 2.75. The Morgan fingerprint density at radius 1 is 1.42 bits per heavy atom. The van der Waals surface area contributed by atoms with Gasteiger partial charge in [0.1, 0.15) is 6.29 Å². The summed E-state index contributed by atoms with van der Waals surface area (Å²) in [5.41, 5.74) is 0. The van der Waals surface area contributed by atoms with E-state index in [2.05, 4.69) is 5.32 Å². The van der Waals surface area contributed by atoms with Crippen molar-refractivity contribution in [2.24, 2.45) is 0 Å². The molecule has 1 spiro atoms. The van der Waals surface area contributed by atoms with E-state index in [-0.39, 0.29) is 26.5 Å². The lowest BCUT2D eigenvalue weighted by Gasteiger charge is -2.31. The number of nitrogens with zero attached hydrogens (tertiary/aromatic N) is 1. The molecule has 0 unspecified atom stereocenters. The van der Waals surface area contributed by atoms with E-state index in [0.717, 1.165) is 24.2 Å². The molecule has 2 heterocycles. The minimum atomic E-state index is -0.350. The maximum absolute atomic E-state index is 12.1. The molecule has 2 amide bonds. The van der Waals surface area contributed by atoms with Gasteiger partial charge in [0.25, 0.3) is 3.91 Å². The first-order chi connectivity index (χ1) is 9.06. The molecule has 0 aromatic heterocycles. The highest BCUT2D eigenvalue weighted by atomic mass is 127. The zero-order chi connectivity index (χ0) is 13.9. The van der Waals surface area contributed by atoms with Crippen molar-refractivity contribution in [2.45, 2.75) is 23.0 Å². The van der Waals surface area contributed by atoms with E-state index >= 15 is 0 Å². The third kappa shape index (κ3) is 3.78. The number of likely N-dealkylation sites (tertiary alicyclic amines) is 1. The fourth-order valence-electron chi connectivity index (χ4n) is 2.34. The molecule has 0 aromatic carbocycles. The molecule has 0 aliphatic carbocycles. The summed E-state index contributed by atoms with van der Waals surface area (Å²) in [5, 5.41) is 2.49. The Kier molecular flexibility index (Phi) is 5.41. The van der Waals surface area contributed by atoms with Gasteiger partial charge in [-0.05, 0) is 17.9 Å². The highest BCUT2D eigenvalue weighted by Gasteiger charge is 2.47. The minimum Gasteiger partial charge on any atom is -0.338 e. The maximum atomic E-state index is 12.1. The van der Waals surface area contributed by atoms with Crippen LogP contribution in [0.4, 0.5) is 4.79 Å². The van der Waals surface area contributed by atoms with Gasteiger partial charge >= 0.3 is 0 Å². The lowest BCUT2D eigenvalue weighted by molar-refractivity contribution is -0.133. The molecule has 2 aliphatic rings. The third-order valence-electron chi connectivity index (χ3n) is 3.21. The number of aldehydes is 1. The van der Waals surface area contributed by atoms with Crippen LogP contribution in [-0.4, -0.2) is 55.7 Å². The number of carbonyl (C=O) groups is 3. The van der Waals surface area contributed by atoms with Crippen molar-refractivity contribution < 1.29 is 14.4 Å². The summed E-state index contributed by atoms with van der Waals surface area (Å²) in [6.45, 7) is 0.569. The van der Waals surface area contributed by atoms with Crippen molar-refractivity contribution >= 4 is 62.2 Å². The summed E-state index contributed by atoms with van der Waals surface area (Å²) in [6.07, 6.45) is 2.76. The van der Waals surface area contributed by atoms with Crippen LogP contribution in [0.5, 0.6) is 0 Å². The fourth-order valence-corrected chi connectivity index (χ4v) is 5.90. The standard InChI is InChI=1S/C11H15IN2O3S2/c12-10(17)13-5-9(16)14-7-11(4-8(14)6-15)18-2-1-3-19-11/h6,8H,1-5,7H2,(H,13,17)/t8-/m0/s1. The Hall–Kier alpha value is 0.0400. The molecule has 2 fully saturated rings. The van der Waals surface area contributed by atoms with E-state index in [9.17, 15) is 14.4 Å². The van der Waals surface area contributed by atoms with Crippen molar-refractivity contribution in [3.05, 3.63) is 0 Å². The normalized spacial score (nSPS) is 25.3. The lowest BCUT2D eigenvalue weighted by Crippen LogP contribution is -2.43. The van der Waals surface area contributed by atoms with Gasteiger partial charge in [-0.2, -0.15) is 0 Å². The highest BCUT2D eigenvalue weighted by Crippen LogP contribution is 2.49. The summed E-state index contributed by atoms with van der Waals surface area (Å²) in [4.78, 5) is 35.7. The van der Waals surface area contributed by atoms with Crippen LogP contribution in [-0.2, 0) is 9.59 Å². The Morgan fingerprint density at radius 3 is 2.68 bits per heavy atom. The largest absolute Gasteiger partial charge is 0.338 e. The molecular formula is C11H15IN2O3S2. The smallest absolute Gasteiger partial charge is 0.281 e. The number of thioether (sulfide) groups is 2. The molecule has 19 heavy (non-hydrogen) atoms. The number of nitrogens with one attached hydrogen (secondary N) is 1. The van der Waals surface area contributed by atoms with Crippen LogP contribution in [0.3, 0.4) is 0 Å². The van der Waals surface area contributed by atoms with Crippen molar-refractivity contribution in [1.29, 1.82) is 0 Å². The van der Waals surface area contributed by atoms with E-state index in [4.69, 9.17) is 0 Å². The predicted molar refractivity (Wildman–Crippen MR) is 85.9 cm³/mol. The minimum absolute atomic E-state index is 0.0200. The highest BCUT2D eigenvalue weighted by molar-refractivity contribution is 14.1. The zero-order valence-electron chi connectivity index (χ0n) is 10.3. The van der Waals surface area contributed by atoms with E-state index in [1.807, 2.05) is 23.5 Å². The summed E-state index contributed by atoms with van der Waals surface area (Å²) >= 11 is 5.31. The molecule has 2 saturated heterocycles. The first kappa shape index (κ1) is 15.4. The van der Waals surface area contributed by atoms with E-state index < -0.39 is 0 Å². The van der Waals surface area contributed by atoms with Crippen LogP contribution in [0, 0.1) is 0 Å². The molecular weight excluding hydrogens is 399 g/mol. The molecule has 106 valence electrons. The maximum Gasteiger partial charge on any atom is 0.281 e. The third-order valence-corrected chi connectivity index (χ3v) is 6.92. The van der Waals surface area contributed by atoms with Crippen LogP contribution < -0.4 is 5.32 Å². The van der Waals surface area contributed by atoms with Gasteiger partial charge in [0.2, 0.25) is 5.91 Å². The van der Waals surface area contributed by atoms with Crippen molar-refractivity contribution in [1.82, 2.24) is 10.2 Å². The number of carbonyl (C=O) groups excluding carboxylic acids is 3. The van der Waals surface area contributed by atoms with Crippen molar-refractivity contribution in [2.75, 3.05) is 24.6 Å². The summed E-state index contributed by atoms with van der Waals surface area (Å²) in [7, 11) is 0. The Morgan fingerprint density at radius 2 is 2.11 bits per heavy atom. The molecule has 0 saturated carbocycles. The van der Waals surface area contributed by atoms with Gasteiger partial charge in [-0.25, -0.2) is 0 Å². The summed E-state index contributed by atoms with van der Waals surface area (Å²) in [5.74, 6) is 2.00. The van der Waals surface area contributed by atoms with Crippen LogP contribution in [0.1, 0.15) is 12.8 Å². The van der Waals surface area contributed by atoms with Crippen LogP contribution in [0.15, 0.2) is 0 Å². The van der Waals surface area contributed by atoms with Gasteiger partial charge in [0.05, 0.1) is 16.7 Å². The number of rotatable bonds is 3. The van der Waals surface area contributed by atoms with E-state index in [0.29, 0.717) is 6.54 Å². The van der Waals surface area contributed by atoms with Crippen molar-refractivity contribution in [3.8, 4) is 0 Å². The first-order valence-electron chi connectivity index (χ1n) is 6.02. The van der Waals surface area contributed by atoms with E-state index in [1.54, 1.807) is 27.5 Å². The molecule has 2 rings (SSSR count). The number of amides is 2. The number of hydrogen-bond donors (Lipinski definition) is 1. The average molecular weight is 414 g/mol. The summed E-state index contributed by atoms with van der Waals surface area (Å²) < 4.78 is -0.280. The second-order valence-electron chi connectivity index (χ2n) is 4.52. The molecule has 5 nitrogen and oxygen atoms in total. The monoisotopic (exact) mass is 414 g/mol. The van der Waals surface area contributed by atoms with Crippen LogP contribution in [0.2, 0.25) is 0 Å². The quantitative estimate of drug-likeness (QED) is 0.328. The second-order valence-corrected chi connectivity index (χ2v) is 8.71. The van der Waals surface area contributed by atoms with Gasteiger partial charge in [-0.1, -0.05) is 0 Å². The topological polar surface area (TPSA) is 66.5 Å². The molecule has 1 atom stereocenters. The lowest BCUT2D eigenvalue weighted by atomic mass is 10.2. The Balaban J connectivity index is 2.01. The van der Waals surface area contributed by atoms with Crippen LogP contribution in [0.25, 0.3) is 0 Å². The van der Waals surface area contributed by atoms with Crippen LogP contribution >= 0.6 is 46.1 Å². The Bertz CT molecular complexity index is 388. The number of hydrogen-bond acceptors (Lipinski definition) is 5. The number of halogens is 1. The predicted octanol–water partition coefficient (Wildman–Crippen LogP) is 1.50. The van der Waals surface area contributed by atoms with Gasteiger partial charge in [0, 0.05) is 35.6 Å². The Labute approximate surface area is 134 Å². The fraction of sp³-hybridized carbons (Fsp3) is 0.727.